The first kappa shape index (κ1) is 12.3. The van der Waals surface area contributed by atoms with Crippen LogP contribution in [0.2, 0.25) is 5.02 Å². The summed E-state index contributed by atoms with van der Waals surface area (Å²) in [5, 5.41) is 3.94. The van der Waals surface area contributed by atoms with Crippen molar-refractivity contribution in [3.8, 4) is 0 Å². The van der Waals surface area contributed by atoms with Gasteiger partial charge in [-0.1, -0.05) is 30.7 Å². The Balaban J connectivity index is 2.06. The minimum absolute atomic E-state index is 0.259. The molecule has 17 heavy (non-hydrogen) atoms. The summed E-state index contributed by atoms with van der Waals surface area (Å²) in [4.78, 5) is 0. The maximum atomic E-state index is 6.09. The van der Waals surface area contributed by atoms with Gasteiger partial charge < -0.3 is 10.1 Å². The fourth-order valence-corrected chi connectivity index (χ4v) is 2.25. The van der Waals surface area contributed by atoms with Gasteiger partial charge in [0.25, 0.3) is 0 Å². The number of benzene rings is 1. The van der Waals surface area contributed by atoms with Gasteiger partial charge in [-0.2, -0.15) is 0 Å². The van der Waals surface area contributed by atoms with Crippen LogP contribution in [0, 0.1) is 5.92 Å². The molecule has 0 amide bonds. The molecule has 0 radical (unpaired) electrons. The predicted octanol–water partition coefficient (Wildman–Crippen LogP) is 4.43. The Hall–Kier alpha value is -1.15. The van der Waals surface area contributed by atoms with Gasteiger partial charge >= 0.3 is 0 Å². The lowest BCUT2D eigenvalue weighted by Gasteiger charge is -2.29. The zero-order chi connectivity index (χ0) is 12.3. The van der Waals surface area contributed by atoms with E-state index in [1.54, 1.807) is 0 Å². The van der Waals surface area contributed by atoms with E-state index in [-0.39, 0.29) is 6.10 Å². The SMILES string of the molecule is CCC1CC=C(Nc2ccccc2Cl)O[C@H]1C. The highest BCUT2D eigenvalue weighted by atomic mass is 35.5. The van der Waals surface area contributed by atoms with Crippen molar-refractivity contribution in [2.24, 2.45) is 5.92 Å². The van der Waals surface area contributed by atoms with E-state index in [0.717, 1.165) is 24.4 Å². The number of anilines is 1. The highest BCUT2D eigenvalue weighted by Gasteiger charge is 2.21. The van der Waals surface area contributed by atoms with Crippen LogP contribution in [-0.4, -0.2) is 6.10 Å². The van der Waals surface area contributed by atoms with Crippen LogP contribution in [0.1, 0.15) is 26.7 Å². The maximum Gasteiger partial charge on any atom is 0.187 e. The number of halogens is 1. The van der Waals surface area contributed by atoms with E-state index in [1.165, 1.54) is 0 Å². The second-order valence-corrected chi connectivity index (χ2v) is 4.81. The number of para-hydroxylation sites is 1. The van der Waals surface area contributed by atoms with Crippen molar-refractivity contribution in [3.63, 3.8) is 0 Å². The predicted molar refractivity (Wildman–Crippen MR) is 72.1 cm³/mol. The van der Waals surface area contributed by atoms with Gasteiger partial charge in [-0.3, -0.25) is 0 Å². The normalized spacial score (nSPS) is 23.8. The Labute approximate surface area is 108 Å². The van der Waals surface area contributed by atoms with Crippen molar-refractivity contribution >= 4 is 17.3 Å². The topological polar surface area (TPSA) is 21.3 Å². The Morgan fingerprint density at radius 2 is 2.18 bits per heavy atom. The van der Waals surface area contributed by atoms with E-state index in [4.69, 9.17) is 16.3 Å². The van der Waals surface area contributed by atoms with Crippen molar-refractivity contribution in [2.45, 2.75) is 32.8 Å². The summed E-state index contributed by atoms with van der Waals surface area (Å²) in [6.45, 7) is 4.32. The fourth-order valence-electron chi connectivity index (χ4n) is 2.07. The number of ether oxygens (including phenoxy) is 1. The monoisotopic (exact) mass is 251 g/mol. The summed E-state index contributed by atoms with van der Waals surface area (Å²) in [6.07, 6.45) is 4.58. The van der Waals surface area contributed by atoms with E-state index in [2.05, 4.69) is 25.2 Å². The Morgan fingerprint density at radius 3 is 2.82 bits per heavy atom. The summed E-state index contributed by atoms with van der Waals surface area (Å²) < 4.78 is 5.84. The summed E-state index contributed by atoms with van der Waals surface area (Å²) in [5.74, 6) is 1.43. The van der Waals surface area contributed by atoms with E-state index in [9.17, 15) is 0 Å². The van der Waals surface area contributed by atoms with Crippen molar-refractivity contribution in [2.75, 3.05) is 5.32 Å². The first-order valence-corrected chi connectivity index (χ1v) is 6.47. The van der Waals surface area contributed by atoms with Crippen LogP contribution in [0.5, 0.6) is 0 Å². The minimum Gasteiger partial charge on any atom is -0.476 e. The first-order chi connectivity index (χ1) is 8.20. The molecule has 1 aliphatic heterocycles. The van der Waals surface area contributed by atoms with Gasteiger partial charge in [0.1, 0.15) is 6.10 Å². The van der Waals surface area contributed by atoms with E-state index in [1.807, 2.05) is 24.3 Å². The van der Waals surface area contributed by atoms with E-state index in [0.29, 0.717) is 10.9 Å². The van der Waals surface area contributed by atoms with Gasteiger partial charge in [-0.05, 0) is 43.9 Å². The Bertz CT molecular complexity index is 416. The molecule has 0 saturated carbocycles. The molecule has 1 aliphatic rings. The lowest BCUT2D eigenvalue weighted by Crippen LogP contribution is -2.25. The van der Waals surface area contributed by atoms with Crippen LogP contribution in [0.4, 0.5) is 5.69 Å². The lowest BCUT2D eigenvalue weighted by atomic mass is 9.95. The van der Waals surface area contributed by atoms with Crippen LogP contribution in [-0.2, 0) is 4.74 Å². The standard InChI is InChI=1S/C14H18ClNO/c1-3-11-8-9-14(17-10(11)2)16-13-7-5-4-6-12(13)15/h4-7,9-11,16H,3,8H2,1-2H3/t10-,11?/m0/s1. The van der Waals surface area contributed by atoms with Gasteiger partial charge in [-0.25, -0.2) is 0 Å². The molecule has 0 fully saturated rings. The number of hydrogen-bond donors (Lipinski definition) is 1. The summed E-state index contributed by atoms with van der Waals surface area (Å²) in [6, 6.07) is 7.68. The zero-order valence-electron chi connectivity index (χ0n) is 10.2. The number of nitrogens with one attached hydrogen (secondary N) is 1. The van der Waals surface area contributed by atoms with Gasteiger partial charge in [0.05, 0.1) is 10.7 Å². The molecule has 1 N–H and O–H groups in total. The molecule has 0 spiro atoms. The number of rotatable bonds is 3. The third kappa shape index (κ3) is 2.95. The molecule has 2 rings (SSSR count). The molecule has 1 aromatic carbocycles. The molecule has 3 heteroatoms. The van der Waals surface area contributed by atoms with Crippen LogP contribution < -0.4 is 5.32 Å². The summed E-state index contributed by atoms with van der Waals surface area (Å²) >= 11 is 6.09. The van der Waals surface area contributed by atoms with Gasteiger partial charge in [-0.15, -0.1) is 0 Å². The molecule has 0 aliphatic carbocycles. The maximum absolute atomic E-state index is 6.09. The van der Waals surface area contributed by atoms with Gasteiger partial charge in [0, 0.05) is 0 Å². The van der Waals surface area contributed by atoms with Crippen LogP contribution in [0.25, 0.3) is 0 Å². The zero-order valence-corrected chi connectivity index (χ0v) is 11.0. The summed E-state index contributed by atoms with van der Waals surface area (Å²) in [7, 11) is 0. The van der Waals surface area contributed by atoms with E-state index >= 15 is 0 Å². The average molecular weight is 252 g/mol. The second-order valence-electron chi connectivity index (χ2n) is 4.40. The molecule has 0 aromatic heterocycles. The molecule has 92 valence electrons. The third-order valence-corrected chi connectivity index (χ3v) is 3.57. The molecular weight excluding hydrogens is 234 g/mol. The Kier molecular flexibility index (Phi) is 3.95. The number of hydrogen-bond acceptors (Lipinski definition) is 2. The van der Waals surface area contributed by atoms with Crippen molar-refractivity contribution < 1.29 is 4.74 Å². The van der Waals surface area contributed by atoms with Gasteiger partial charge in [0.2, 0.25) is 0 Å². The fraction of sp³-hybridized carbons (Fsp3) is 0.429. The van der Waals surface area contributed by atoms with Gasteiger partial charge in [0.15, 0.2) is 5.88 Å². The molecule has 1 unspecified atom stereocenters. The molecule has 2 atom stereocenters. The largest absolute Gasteiger partial charge is 0.476 e. The minimum atomic E-state index is 0.259. The first-order valence-electron chi connectivity index (χ1n) is 6.09. The highest BCUT2D eigenvalue weighted by Crippen LogP contribution is 2.28. The second kappa shape index (κ2) is 5.46. The van der Waals surface area contributed by atoms with Crippen molar-refractivity contribution in [1.29, 1.82) is 0 Å². The lowest BCUT2D eigenvalue weighted by molar-refractivity contribution is 0.0647. The molecule has 1 heterocycles. The smallest absolute Gasteiger partial charge is 0.187 e. The molecule has 0 saturated heterocycles. The van der Waals surface area contributed by atoms with Crippen LogP contribution in [0.3, 0.4) is 0 Å². The molecule has 1 aromatic rings. The molecule has 2 nitrogen and oxygen atoms in total. The van der Waals surface area contributed by atoms with Crippen LogP contribution in [0.15, 0.2) is 36.2 Å². The van der Waals surface area contributed by atoms with Crippen LogP contribution >= 0.6 is 11.6 Å². The Morgan fingerprint density at radius 1 is 1.41 bits per heavy atom. The van der Waals surface area contributed by atoms with Crippen molar-refractivity contribution in [1.82, 2.24) is 0 Å². The quantitative estimate of drug-likeness (QED) is 0.858. The summed E-state index contributed by atoms with van der Waals surface area (Å²) in [5.41, 5.74) is 0.891. The van der Waals surface area contributed by atoms with E-state index < -0.39 is 0 Å². The third-order valence-electron chi connectivity index (χ3n) is 3.24. The average Bonchev–Trinajstić information content (AvgIpc) is 2.32. The molecular formula is C14H18ClNO. The number of allylic oxidation sites excluding steroid dienone is 1. The molecule has 0 bridgehead atoms. The van der Waals surface area contributed by atoms with Crippen molar-refractivity contribution in [3.05, 3.63) is 41.2 Å². The highest BCUT2D eigenvalue weighted by molar-refractivity contribution is 6.33.